The number of hydrogen-bond donors (Lipinski definition) is 2. The van der Waals surface area contributed by atoms with Crippen molar-refractivity contribution in [2.75, 3.05) is 26.3 Å². The van der Waals surface area contributed by atoms with Crippen molar-refractivity contribution >= 4 is 17.3 Å². The number of thiophene rings is 1. The molecule has 8 heteroatoms. The summed E-state index contributed by atoms with van der Waals surface area (Å²) in [5.74, 6) is 0.663. The number of aliphatic imine (C=N–C) groups is 1. The van der Waals surface area contributed by atoms with E-state index in [1.165, 1.54) is 12.1 Å². The first kappa shape index (κ1) is 21.6. The van der Waals surface area contributed by atoms with Crippen molar-refractivity contribution < 1.29 is 17.9 Å². The fourth-order valence-corrected chi connectivity index (χ4v) is 4.16. The van der Waals surface area contributed by atoms with Crippen LogP contribution < -0.4 is 10.6 Å². The van der Waals surface area contributed by atoms with E-state index in [1.54, 1.807) is 17.4 Å². The summed E-state index contributed by atoms with van der Waals surface area (Å²) in [5, 5.41) is 10.6. The van der Waals surface area contributed by atoms with Crippen molar-refractivity contribution in [3.63, 3.8) is 0 Å². The van der Waals surface area contributed by atoms with Gasteiger partial charge in [0.1, 0.15) is 0 Å². The van der Waals surface area contributed by atoms with Crippen LogP contribution in [0.5, 0.6) is 0 Å². The van der Waals surface area contributed by atoms with Gasteiger partial charge in [0.2, 0.25) is 0 Å². The molecule has 4 nitrogen and oxygen atoms in total. The molecule has 1 aliphatic heterocycles. The van der Waals surface area contributed by atoms with Gasteiger partial charge in [-0.05, 0) is 53.8 Å². The highest BCUT2D eigenvalue weighted by molar-refractivity contribution is 7.07. The molecule has 0 bridgehead atoms. The van der Waals surface area contributed by atoms with Crippen LogP contribution in [0.15, 0.2) is 46.1 Å². The van der Waals surface area contributed by atoms with Gasteiger partial charge in [-0.15, -0.1) is 0 Å². The van der Waals surface area contributed by atoms with Crippen molar-refractivity contribution in [1.82, 2.24) is 10.6 Å². The van der Waals surface area contributed by atoms with Crippen LogP contribution in [0, 0.1) is 0 Å². The Labute approximate surface area is 173 Å². The summed E-state index contributed by atoms with van der Waals surface area (Å²) in [4.78, 5) is 4.61. The number of ether oxygens (including phenoxy) is 1. The number of halogens is 3. The summed E-state index contributed by atoms with van der Waals surface area (Å²) < 4.78 is 45.2. The molecule has 0 spiro atoms. The zero-order chi connectivity index (χ0) is 20.7. The van der Waals surface area contributed by atoms with Gasteiger partial charge in [0.15, 0.2) is 5.96 Å². The van der Waals surface area contributed by atoms with Gasteiger partial charge in [-0.1, -0.05) is 18.2 Å². The predicted molar refractivity (Wildman–Crippen MR) is 110 cm³/mol. The van der Waals surface area contributed by atoms with Gasteiger partial charge in [0.25, 0.3) is 0 Å². The summed E-state index contributed by atoms with van der Waals surface area (Å²) in [5.41, 5.74) is 0.777. The molecule has 2 aromatic rings. The minimum Gasteiger partial charge on any atom is -0.381 e. The van der Waals surface area contributed by atoms with E-state index in [9.17, 15) is 13.2 Å². The molecular weight excluding hydrogens is 399 g/mol. The van der Waals surface area contributed by atoms with Gasteiger partial charge in [-0.3, -0.25) is 0 Å². The van der Waals surface area contributed by atoms with Crippen molar-refractivity contribution in [3.8, 4) is 0 Å². The van der Waals surface area contributed by atoms with Crippen LogP contribution in [0.2, 0.25) is 0 Å². The smallest absolute Gasteiger partial charge is 0.381 e. The SMILES string of the molecule is CCNC(=NCc1ccsc1)NCC1(c2cccc(C(F)(F)F)c2)CCOCC1. The normalized spacial score (nSPS) is 17.2. The summed E-state index contributed by atoms with van der Waals surface area (Å²) in [6.45, 7) is 4.79. The second kappa shape index (κ2) is 9.63. The Balaban J connectivity index is 1.80. The third-order valence-corrected chi connectivity index (χ3v) is 5.92. The molecule has 1 aromatic carbocycles. The largest absolute Gasteiger partial charge is 0.416 e. The number of nitrogens with one attached hydrogen (secondary N) is 2. The summed E-state index contributed by atoms with van der Waals surface area (Å²) in [7, 11) is 0. The van der Waals surface area contributed by atoms with Crippen LogP contribution >= 0.6 is 11.3 Å². The number of rotatable bonds is 6. The number of benzene rings is 1. The molecule has 0 amide bonds. The van der Waals surface area contributed by atoms with Crippen LogP contribution in [0.25, 0.3) is 0 Å². The molecule has 2 heterocycles. The molecule has 0 atom stereocenters. The zero-order valence-corrected chi connectivity index (χ0v) is 17.2. The predicted octanol–water partition coefficient (Wildman–Crippen LogP) is 4.57. The lowest BCUT2D eigenvalue weighted by Crippen LogP contribution is -2.48. The number of nitrogens with zero attached hydrogens (tertiary/aromatic N) is 1. The molecule has 3 rings (SSSR count). The molecule has 0 saturated carbocycles. The summed E-state index contributed by atoms with van der Waals surface area (Å²) >= 11 is 1.62. The van der Waals surface area contributed by atoms with E-state index >= 15 is 0 Å². The Bertz CT molecular complexity index is 800. The second-order valence-electron chi connectivity index (χ2n) is 7.15. The van der Waals surface area contributed by atoms with Crippen molar-refractivity contribution in [2.45, 2.75) is 37.9 Å². The maximum atomic E-state index is 13.2. The van der Waals surface area contributed by atoms with Gasteiger partial charge in [-0.2, -0.15) is 24.5 Å². The van der Waals surface area contributed by atoms with Crippen LogP contribution in [0.1, 0.15) is 36.5 Å². The summed E-state index contributed by atoms with van der Waals surface area (Å²) in [6, 6.07) is 7.71. The van der Waals surface area contributed by atoms with Crippen LogP contribution in [-0.2, 0) is 22.9 Å². The third kappa shape index (κ3) is 5.73. The molecule has 2 N–H and O–H groups in total. The molecule has 0 radical (unpaired) electrons. The quantitative estimate of drug-likeness (QED) is 0.526. The first-order valence-electron chi connectivity index (χ1n) is 9.72. The number of hydrogen-bond acceptors (Lipinski definition) is 3. The van der Waals surface area contributed by atoms with E-state index in [2.05, 4.69) is 21.0 Å². The van der Waals surface area contributed by atoms with Crippen molar-refractivity contribution in [2.24, 2.45) is 4.99 Å². The Hall–Kier alpha value is -2.06. The Kier molecular flexibility index (Phi) is 7.18. The van der Waals surface area contributed by atoms with Crippen molar-refractivity contribution in [1.29, 1.82) is 0 Å². The van der Waals surface area contributed by atoms with Crippen LogP contribution in [0.4, 0.5) is 13.2 Å². The molecule has 29 heavy (non-hydrogen) atoms. The van der Waals surface area contributed by atoms with Crippen LogP contribution in [0.3, 0.4) is 0 Å². The third-order valence-electron chi connectivity index (χ3n) is 5.19. The van der Waals surface area contributed by atoms with Gasteiger partial charge in [-0.25, -0.2) is 4.99 Å². The van der Waals surface area contributed by atoms with E-state index in [0.717, 1.165) is 11.6 Å². The molecule has 1 saturated heterocycles. The Morgan fingerprint density at radius 2 is 2.00 bits per heavy atom. The molecule has 1 aromatic heterocycles. The van der Waals surface area contributed by atoms with E-state index < -0.39 is 17.2 Å². The lowest BCUT2D eigenvalue weighted by molar-refractivity contribution is -0.137. The highest BCUT2D eigenvalue weighted by atomic mass is 32.1. The second-order valence-corrected chi connectivity index (χ2v) is 7.93. The summed E-state index contributed by atoms with van der Waals surface area (Å²) in [6.07, 6.45) is -3.04. The molecule has 1 aliphatic rings. The van der Waals surface area contributed by atoms with E-state index in [1.807, 2.05) is 18.4 Å². The van der Waals surface area contributed by atoms with Crippen molar-refractivity contribution in [3.05, 3.63) is 57.8 Å². The van der Waals surface area contributed by atoms with E-state index in [4.69, 9.17) is 4.74 Å². The molecule has 1 fully saturated rings. The highest BCUT2D eigenvalue weighted by Gasteiger charge is 2.37. The number of alkyl halides is 3. The minimum absolute atomic E-state index is 0.432. The number of guanidine groups is 1. The Morgan fingerprint density at radius 1 is 1.21 bits per heavy atom. The van der Waals surface area contributed by atoms with E-state index in [-0.39, 0.29) is 0 Å². The first-order valence-corrected chi connectivity index (χ1v) is 10.7. The van der Waals surface area contributed by atoms with Gasteiger partial charge in [0, 0.05) is 31.7 Å². The average Bonchev–Trinajstić information content (AvgIpc) is 3.24. The van der Waals surface area contributed by atoms with Crippen LogP contribution in [-0.4, -0.2) is 32.3 Å². The lowest BCUT2D eigenvalue weighted by Gasteiger charge is -2.38. The van der Waals surface area contributed by atoms with Gasteiger partial charge >= 0.3 is 6.18 Å². The average molecular weight is 426 g/mol. The fourth-order valence-electron chi connectivity index (χ4n) is 3.50. The fraction of sp³-hybridized carbons (Fsp3) is 0.476. The topological polar surface area (TPSA) is 45.7 Å². The molecular formula is C21H26F3N3OS. The monoisotopic (exact) mass is 425 g/mol. The molecule has 158 valence electrons. The lowest BCUT2D eigenvalue weighted by atomic mass is 9.73. The highest BCUT2D eigenvalue weighted by Crippen LogP contribution is 2.37. The van der Waals surface area contributed by atoms with E-state index in [0.29, 0.717) is 57.2 Å². The van der Waals surface area contributed by atoms with Gasteiger partial charge < -0.3 is 15.4 Å². The first-order chi connectivity index (χ1) is 13.9. The standard InChI is InChI=1S/C21H26F3N3OS/c1-2-25-19(26-13-16-6-11-29-14-16)27-15-20(7-9-28-10-8-20)17-4-3-5-18(12-17)21(22,23)24/h3-6,11-12,14H,2,7-10,13,15H2,1H3,(H2,25,26,27). The minimum atomic E-state index is -4.35. The molecule has 0 unspecified atom stereocenters. The van der Waals surface area contributed by atoms with Gasteiger partial charge in [0.05, 0.1) is 12.1 Å². The maximum Gasteiger partial charge on any atom is 0.416 e. The maximum absolute atomic E-state index is 13.2. The zero-order valence-electron chi connectivity index (χ0n) is 16.4. The molecule has 0 aliphatic carbocycles. The Morgan fingerprint density at radius 3 is 2.66 bits per heavy atom.